The van der Waals surface area contributed by atoms with Crippen LogP contribution in [-0.2, 0) is 12.6 Å². The van der Waals surface area contributed by atoms with E-state index >= 15 is 0 Å². The Hall–Kier alpha value is -3.65. The minimum atomic E-state index is -4.41. The number of anilines is 2. The molecule has 0 saturated carbocycles. The van der Waals surface area contributed by atoms with Crippen LogP contribution in [0.2, 0.25) is 0 Å². The van der Waals surface area contributed by atoms with Gasteiger partial charge in [-0.2, -0.15) is 13.2 Å². The topological polar surface area (TPSA) is 54.0 Å². The van der Waals surface area contributed by atoms with Gasteiger partial charge in [-0.05, 0) is 60.5 Å². The molecular weight excluding hydrogens is 459 g/mol. The zero-order chi connectivity index (χ0) is 24.1. The molecule has 2 N–H and O–H groups in total. The Morgan fingerprint density at radius 2 is 1.62 bits per heavy atom. The fraction of sp³-hybridized carbons (Fsp3) is 0.154. The standard InChI is InChI=1S/C26H22F3N3OS/c1-17-31-22(16-34-17)14-15-30-20-10-12-21(13-11-20)32-25(33)24-5-3-2-4-23(24)18-6-8-19(9-7-18)26(27,28)29/h2-13,16,30H,14-15H2,1H3,(H,32,33). The van der Waals surface area contributed by atoms with Crippen LogP contribution in [0.3, 0.4) is 0 Å². The Morgan fingerprint density at radius 3 is 2.26 bits per heavy atom. The summed E-state index contributed by atoms with van der Waals surface area (Å²) in [5.41, 5.74) is 3.35. The lowest BCUT2D eigenvalue weighted by atomic mass is 9.98. The summed E-state index contributed by atoms with van der Waals surface area (Å²) >= 11 is 1.63. The predicted molar refractivity (Wildman–Crippen MR) is 130 cm³/mol. The van der Waals surface area contributed by atoms with Crippen molar-refractivity contribution in [2.45, 2.75) is 19.5 Å². The molecule has 0 unspecified atom stereocenters. The summed E-state index contributed by atoms with van der Waals surface area (Å²) in [6, 6.07) is 19.0. The van der Waals surface area contributed by atoms with Gasteiger partial charge in [0.15, 0.2) is 0 Å². The largest absolute Gasteiger partial charge is 0.416 e. The molecule has 0 aliphatic carbocycles. The number of carbonyl (C=O) groups excluding carboxylic acids is 1. The molecule has 3 aromatic carbocycles. The average molecular weight is 482 g/mol. The number of halogens is 3. The number of amides is 1. The SMILES string of the molecule is Cc1nc(CCNc2ccc(NC(=O)c3ccccc3-c3ccc(C(F)(F)F)cc3)cc2)cs1. The van der Waals surface area contributed by atoms with E-state index in [2.05, 4.69) is 21.0 Å². The van der Waals surface area contributed by atoms with E-state index in [1.165, 1.54) is 12.1 Å². The third-order valence-electron chi connectivity index (χ3n) is 5.21. The number of hydrogen-bond donors (Lipinski definition) is 2. The van der Waals surface area contributed by atoms with Crippen LogP contribution >= 0.6 is 11.3 Å². The smallest absolute Gasteiger partial charge is 0.385 e. The molecule has 0 fully saturated rings. The lowest BCUT2D eigenvalue weighted by Gasteiger charge is -2.12. The summed E-state index contributed by atoms with van der Waals surface area (Å²) in [5, 5.41) is 9.30. The number of aryl methyl sites for hydroxylation is 1. The van der Waals surface area contributed by atoms with Crippen LogP contribution in [0.15, 0.2) is 78.2 Å². The molecule has 0 bridgehead atoms. The Labute approximate surface area is 199 Å². The Bertz CT molecular complexity index is 1270. The Balaban J connectivity index is 1.41. The first kappa shape index (κ1) is 23.5. The first-order valence-electron chi connectivity index (χ1n) is 10.6. The van der Waals surface area contributed by atoms with Crippen molar-refractivity contribution in [2.75, 3.05) is 17.2 Å². The summed E-state index contributed by atoms with van der Waals surface area (Å²) in [6.45, 7) is 2.73. The first-order valence-corrected chi connectivity index (χ1v) is 11.5. The lowest BCUT2D eigenvalue weighted by molar-refractivity contribution is -0.137. The fourth-order valence-electron chi connectivity index (χ4n) is 3.50. The molecule has 0 aliphatic heterocycles. The van der Waals surface area contributed by atoms with Gasteiger partial charge >= 0.3 is 6.18 Å². The average Bonchev–Trinajstić information content (AvgIpc) is 3.24. The summed E-state index contributed by atoms with van der Waals surface area (Å²) in [6.07, 6.45) is -3.58. The van der Waals surface area contributed by atoms with Gasteiger partial charge in [0.25, 0.3) is 5.91 Å². The molecule has 0 radical (unpaired) electrons. The number of aromatic nitrogens is 1. The van der Waals surface area contributed by atoms with Gasteiger partial charge in [0, 0.05) is 35.3 Å². The molecule has 174 valence electrons. The molecule has 0 spiro atoms. The number of rotatable bonds is 7. The van der Waals surface area contributed by atoms with E-state index in [1.54, 1.807) is 47.7 Å². The molecule has 4 aromatic rings. The number of nitrogens with zero attached hydrogens (tertiary/aromatic N) is 1. The van der Waals surface area contributed by atoms with Crippen molar-refractivity contribution >= 4 is 28.6 Å². The van der Waals surface area contributed by atoms with Crippen molar-refractivity contribution in [1.29, 1.82) is 0 Å². The second kappa shape index (κ2) is 10.1. The van der Waals surface area contributed by atoms with Crippen molar-refractivity contribution in [3.8, 4) is 11.1 Å². The third-order valence-corrected chi connectivity index (χ3v) is 6.04. The molecule has 0 saturated heterocycles. The molecule has 4 rings (SSSR count). The zero-order valence-electron chi connectivity index (χ0n) is 18.3. The van der Waals surface area contributed by atoms with Gasteiger partial charge in [-0.15, -0.1) is 11.3 Å². The highest BCUT2D eigenvalue weighted by molar-refractivity contribution is 7.09. The fourth-order valence-corrected chi connectivity index (χ4v) is 4.15. The summed E-state index contributed by atoms with van der Waals surface area (Å²) in [4.78, 5) is 17.4. The highest BCUT2D eigenvalue weighted by Gasteiger charge is 2.30. The quantitative estimate of drug-likeness (QED) is 0.298. The normalized spacial score (nSPS) is 11.3. The van der Waals surface area contributed by atoms with E-state index in [0.717, 1.165) is 41.5 Å². The zero-order valence-corrected chi connectivity index (χ0v) is 19.1. The van der Waals surface area contributed by atoms with E-state index in [1.807, 2.05) is 19.1 Å². The highest BCUT2D eigenvalue weighted by Crippen LogP contribution is 2.32. The maximum Gasteiger partial charge on any atom is 0.416 e. The van der Waals surface area contributed by atoms with Crippen LogP contribution < -0.4 is 10.6 Å². The van der Waals surface area contributed by atoms with Crippen molar-refractivity contribution in [1.82, 2.24) is 4.98 Å². The monoisotopic (exact) mass is 481 g/mol. The molecule has 1 amide bonds. The van der Waals surface area contributed by atoms with Crippen LogP contribution in [-0.4, -0.2) is 17.4 Å². The van der Waals surface area contributed by atoms with Crippen molar-refractivity contribution in [3.63, 3.8) is 0 Å². The molecular formula is C26H22F3N3OS. The van der Waals surface area contributed by atoms with Crippen LogP contribution in [0.1, 0.15) is 26.6 Å². The van der Waals surface area contributed by atoms with Gasteiger partial charge in [0.05, 0.1) is 16.3 Å². The van der Waals surface area contributed by atoms with E-state index in [9.17, 15) is 18.0 Å². The minimum Gasteiger partial charge on any atom is -0.385 e. The van der Waals surface area contributed by atoms with Gasteiger partial charge in [-0.3, -0.25) is 4.79 Å². The van der Waals surface area contributed by atoms with Crippen molar-refractivity contribution < 1.29 is 18.0 Å². The number of nitrogens with one attached hydrogen (secondary N) is 2. The summed E-state index contributed by atoms with van der Waals surface area (Å²) in [5.74, 6) is -0.338. The minimum absolute atomic E-state index is 0.338. The maximum atomic E-state index is 12.9. The maximum absolute atomic E-state index is 12.9. The molecule has 0 aliphatic rings. The number of carbonyl (C=O) groups is 1. The van der Waals surface area contributed by atoms with Gasteiger partial charge in [0.2, 0.25) is 0 Å². The van der Waals surface area contributed by atoms with E-state index in [-0.39, 0.29) is 5.91 Å². The van der Waals surface area contributed by atoms with E-state index in [4.69, 9.17) is 0 Å². The molecule has 1 aromatic heterocycles. The number of thiazole rings is 1. The van der Waals surface area contributed by atoms with Crippen molar-refractivity contribution in [3.05, 3.63) is 100 Å². The van der Waals surface area contributed by atoms with Crippen molar-refractivity contribution in [2.24, 2.45) is 0 Å². The third kappa shape index (κ3) is 5.82. The second-order valence-electron chi connectivity index (χ2n) is 7.69. The van der Waals surface area contributed by atoms with Crippen LogP contribution in [0, 0.1) is 6.92 Å². The van der Waals surface area contributed by atoms with Gasteiger partial charge in [-0.1, -0.05) is 30.3 Å². The number of hydrogen-bond acceptors (Lipinski definition) is 4. The Kier molecular flexibility index (Phi) is 6.98. The first-order chi connectivity index (χ1) is 16.3. The van der Waals surface area contributed by atoms with Gasteiger partial charge in [-0.25, -0.2) is 4.98 Å². The van der Waals surface area contributed by atoms with Gasteiger partial charge < -0.3 is 10.6 Å². The molecule has 34 heavy (non-hydrogen) atoms. The molecule has 1 heterocycles. The van der Waals surface area contributed by atoms with Gasteiger partial charge in [0.1, 0.15) is 0 Å². The molecule has 4 nitrogen and oxygen atoms in total. The van der Waals surface area contributed by atoms with Crippen LogP contribution in [0.25, 0.3) is 11.1 Å². The number of alkyl halides is 3. The predicted octanol–water partition coefficient (Wildman–Crippen LogP) is 7.04. The molecule has 0 atom stereocenters. The summed E-state index contributed by atoms with van der Waals surface area (Å²) in [7, 11) is 0. The lowest BCUT2D eigenvalue weighted by Crippen LogP contribution is -2.13. The number of benzene rings is 3. The summed E-state index contributed by atoms with van der Waals surface area (Å²) < 4.78 is 38.6. The Morgan fingerprint density at radius 1 is 0.941 bits per heavy atom. The second-order valence-corrected chi connectivity index (χ2v) is 8.75. The van der Waals surface area contributed by atoms with Crippen LogP contribution in [0.5, 0.6) is 0 Å². The van der Waals surface area contributed by atoms with E-state index in [0.29, 0.717) is 22.4 Å². The molecule has 8 heteroatoms. The highest BCUT2D eigenvalue weighted by atomic mass is 32.1. The van der Waals surface area contributed by atoms with E-state index < -0.39 is 11.7 Å². The van der Waals surface area contributed by atoms with Crippen LogP contribution in [0.4, 0.5) is 24.5 Å².